The summed E-state index contributed by atoms with van der Waals surface area (Å²) >= 11 is 2.76. The molecule has 0 bridgehead atoms. The van der Waals surface area contributed by atoms with Crippen LogP contribution in [0.2, 0.25) is 0 Å². The molecule has 0 spiro atoms. The molecule has 3 aromatic rings. The molecule has 0 aliphatic rings. The van der Waals surface area contributed by atoms with Crippen molar-refractivity contribution in [2.75, 3.05) is 18.1 Å². The van der Waals surface area contributed by atoms with Gasteiger partial charge in [-0.25, -0.2) is 0 Å². The van der Waals surface area contributed by atoms with Gasteiger partial charge in [0.15, 0.2) is 16.8 Å². The summed E-state index contributed by atoms with van der Waals surface area (Å²) in [7, 11) is 0. The number of hydrogen-bond donors (Lipinski definition) is 1. The van der Waals surface area contributed by atoms with Crippen LogP contribution in [0.15, 0.2) is 41.6 Å². The van der Waals surface area contributed by atoms with Crippen LogP contribution in [0.1, 0.15) is 20.3 Å². The van der Waals surface area contributed by atoms with Crippen LogP contribution in [0.4, 0.5) is 5.00 Å². The maximum absolute atomic E-state index is 12.0. The molecule has 0 fully saturated rings. The smallest absolute Gasteiger partial charge is 0.313 e. The van der Waals surface area contributed by atoms with E-state index < -0.39 is 5.97 Å². The van der Waals surface area contributed by atoms with E-state index in [0.29, 0.717) is 22.5 Å². The fourth-order valence-electron chi connectivity index (χ4n) is 2.77. The molecule has 0 saturated heterocycles. The predicted molar refractivity (Wildman–Crippen MR) is 116 cm³/mol. The Hall–Kier alpha value is -2.65. The number of nitrogens with two attached hydrogens (primary N) is 1. The second kappa shape index (κ2) is 9.71. The Morgan fingerprint density at radius 3 is 2.66 bits per heavy atom. The number of thioether (sulfide) groups is 1. The number of thiophene rings is 1. The van der Waals surface area contributed by atoms with E-state index in [1.807, 2.05) is 47.9 Å². The number of nitrogens with zero attached hydrogens (tertiary/aromatic N) is 3. The number of anilines is 1. The Labute approximate surface area is 177 Å². The Morgan fingerprint density at radius 2 is 1.97 bits per heavy atom. The molecular formula is C20H22N4O3S2. The lowest BCUT2D eigenvalue weighted by Gasteiger charge is -2.06. The van der Waals surface area contributed by atoms with Gasteiger partial charge in [-0.2, -0.15) is 0 Å². The first-order valence-corrected chi connectivity index (χ1v) is 11.0. The average Bonchev–Trinajstić information content (AvgIpc) is 3.29. The summed E-state index contributed by atoms with van der Waals surface area (Å²) in [6, 6.07) is 12.0. The highest BCUT2D eigenvalue weighted by Gasteiger charge is 2.19. The molecule has 2 N–H and O–H groups in total. The SMILES string of the molecule is CCOC(=O)CC(=O)CSc1nnc(-c2cc(-c3ccccc3)sc2N)n1CC. The van der Waals surface area contributed by atoms with Gasteiger partial charge >= 0.3 is 5.97 Å². The van der Waals surface area contributed by atoms with E-state index in [1.54, 1.807) is 6.92 Å². The molecular weight excluding hydrogens is 408 g/mol. The van der Waals surface area contributed by atoms with Crippen LogP contribution in [-0.4, -0.2) is 38.9 Å². The highest BCUT2D eigenvalue weighted by atomic mass is 32.2. The number of carbonyl (C=O) groups is 2. The molecule has 2 aromatic heterocycles. The number of rotatable bonds is 9. The second-order valence-electron chi connectivity index (χ2n) is 6.11. The van der Waals surface area contributed by atoms with Crippen LogP contribution in [0.3, 0.4) is 0 Å². The van der Waals surface area contributed by atoms with Crippen LogP contribution >= 0.6 is 23.1 Å². The van der Waals surface area contributed by atoms with E-state index in [4.69, 9.17) is 10.5 Å². The van der Waals surface area contributed by atoms with Crippen molar-refractivity contribution < 1.29 is 14.3 Å². The minimum Gasteiger partial charge on any atom is -0.466 e. The Balaban J connectivity index is 1.77. The van der Waals surface area contributed by atoms with Crippen molar-refractivity contribution in [3.63, 3.8) is 0 Å². The number of benzene rings is 1. The van der Waals surface area contributed by atoms with Gasteiger partial charge in [0, 0.05) is 11.4 Å². The summed E-state index contributed by atoms with van der Waals surface area (Å²) in [6.45, 7) is 4.59. The van der Waals surface area contributed by atoms with Crippen molar-refractivity contribution in [1.29, 1.82) is 0 Å². The third kappa shape index (κ3) is 5.04. The second-order valence-corrected chi connectivity index (χ2v) is 8.14. The summed E-state index contributed by atoms with van der Waals surface area (Å²) in [6.07, 6.45) is -0.230. The summed E-state index contributed by atoms with van der Waals surface area (Å²) in [4.78, 5) is 24.5. The molecule has 3 rings (SSSR count). The standard InChI is InChI=1S/C20H22N4O3S2/c1-3-24-19(15-11-16(29-18(15)21)13-8-6-5-7-9-13)22-23-20(24)28-12-14(25)10-17(26)27-4-2/h5-9,11H,3-4,10,12,21H2,1-2H3. The maximum Gasteiger partial charge on any atom is 0.313 e. The zero-order valence-electron chi connectivity index (χ0n) is 16.3. The highest BCUT2D eigenvalue weighted by Crippen LogP contribution is 2.39. The van der Waals surface area contributed by atoms with Crippen molar-refractivity contribution in [1.82, 2.24) is 14.8 Å². The molecule has 2 heterocycles. The number of hydrogen-bond acceptors (Lipinski definition) is 8. The number of ether oxygens (including phenoxy) is 1. The van der Waals surface area contributed by atoms with Gasteiger partial charge in [-0.3, -0.25) is 9.59 Å². The van der Waals surface area contributed by atoms with Gasteiger partial charge in [0.05, 0.1) is 22.9 Å². The lowest BCUT2D eigenvalue weighted by Crippen LogP contribution is -2.13. The van der Waals surface area contributed by atoms with Crippen molar-refractivity contribution in [3.05, 3.63) is 36.4 Å². The van der Waals surface area contributed by atoms with Crippen molar-refractivity contribution in [2.24, 2.45) is 0 Å². The largest absolute Gasteiger partial charge is 0.466 e. The van der Waals surface area contributed by atoms with Crippen LogP contribution < -0.4 is 5.73 Å². The molecule has 0 atom stereocenters. The van der Waals surface area contributed by atoms with Gasteiger partial charge in [0.1, 0.15) is 6.42 Å². The van der Waals surface area contributed by atoms with Crippen molar-refractivity contribution in [2.45, 2.75) is 32.0 Å². The number of Topliss-reactive ketones (excluding diaryl/α,β-unsaturated/α-hetero) is 1. The molecule has 0 saturated carbocycles. The summed E-state index contributed by atoms with van der Waals surface area (Å²) in [5.41, 5.74) is 8.20. The fraction of sp³-hybridized carbons (Fsp3) is 0.300. The van der Waals surface area contributed by atoms with Gasteiger partial charge in [-0.05, 0) is 25.5 Å². The third-order valence-electron chi connectivity index (χ3n) is 4.10. The van der Waals surface area contributed by atoms with Gasteiger partial charge in [0.25, 0.3) is 0 Å². The molecule has 0 amide bonds. The van der Waals surface area contributed by atoms with Crippen molar-refractivity contribution in [3.8, 4) is 21.8 Å². The third-order valence-corrected chi connectivity index (χ3v) is 6.14. The lowest BCUT2D eigenvalue weighted by molar-refractivity contribution is -0.145. The first kappa shape index (κ1) is 21.1. The van der Waals surface area contributed by atoms with Gasteiger partial charge in [-0.15, -0.1) is 21.5 Å². The summed E-state index contributed by atoms with van der Waals surface area (Å²) < 4.78 is 6.73. The number of esters is 1. The van der Waals surface area contributed by atoms with E-state index in [9.17, 15) is 9.59 Å². The van der Waals surface area contributed by atoms with Crippen molar-refractivity contribution >= 4 is 39.9 Å². The number of ketones is 1. The highest BCUT2D eigenvalue weighted by molar-refractivity contribution is 7.99. The Kier molecular flexibility index (Phi) is 7.05. The fourth-order valence-corrected chi connectivity index (χ4v) is 4.56. The normalized spacial score (nSPS) is 10.8. The zero-order chi connectivity index (χ0) is 20.8. The van der Waals surface area contributed by atoms with Gasteiger partial charge < -0.3 is 15.0 Å². The van der Waals surface area contributed by atoms with Gasteiger partial charge in [0.2, 0.25) is 0 Å². The molecule has 0 unspecified atom stereocenters. The van der Waals surface area contributed by atoms with E-state index in [-0.39, 0.29) is 24.6 Å². The topological polar surface area (TPSA) is 100 Å². The van der Waals surface area contributed by atoms with E-state index in [0.717, 1.165) is 16.0 Å². The first-order valence-electron chi connectivity index (χ1n) is 9.21. The zero-order valence-corrected chi connectivity index (χ0v) is 17.9. The van der Waals surface area contributed by atoms with E-state index in [2.05, 4.69) is 10.2 Å². The minimum atomic E-state index is -0.504. The Morgan fingerprint density at radius 1 is 1.21 bits per heavy atom. The maximum atomic E-state index is 12.0. The minimum absolute atomic E-state index is 0.130. The summed E-state index contributed by atoms with van der Waals surface area (Å²) in [5.74, 6) is 0.0896. The van der Waals surface area contributed by atoms with Crippen LogP contribution in [0, 0.1) is 0 Å². The quantitative estimate of drug-likeness (QED) is 0.312. The molecule has 152 valence electrons. The molecule has 1 aromatic carbocycles. The molecule has 7 nitrogen and oxygen atoms in total. The van der Waals surface area contributed by atoms with E-state index >= 15 is 0 Å². The first-order chi connectivity index (χ1) is 14.0. The molecule has 9 heteroatoms. The monoisotopic (exact) mass is 430 g/mol. The predicted octanol–water partition coefficient (Wildman–Crippen LogP) is 3.89. The molecule has 0 radical (unpaired) electrons. The van der Waals surface area contributed by atoms with E-state index in [1.165, 1.54) is 23.1 Å². The summed E-state index contributed by atoms with van der Waals surface area (Å²) in [5, 5.41) is 9.82. The molecule has 0 aliphatic carbocycles. The van der Waals surface area contributed by atoms with Gasteiger partial charge in [-0.1, -0.05) is 42.1 Å². The molecule has 29 heavy (non-hydrogen) atoms. The number of nitrogen functional groups attached to an aromatic ring is 1. The molecule has 0 aliphatic heterocycles. The number of carbonyl (C=O) groups excluding carboxylic acids is 2. The average molecular weight is 431 g/mol. The number of aromatic nitrogens is 3. The van der Waals surface area contributed by atoms with Crippen LogP contribution in [0.25, 0.3) is 21.8 Å². The lowest BCUT2D eigenvalue weighted by atomic mass is 10.1. The van der Waals surface area contributed by atoms with Crippen LogP contribution in [-0.2, 0) is 20.9 Å². The Bertz CT molecular complexity index is 999. The van der Waals surface area contributed by atoms with Crippen LogP contribution in [0.5, 0.6) is 0 Å².